The third kappa shape index (κ3) is 4.42. The summed E-state index contributed by atoms with van der Waals surface area (Å²) in [6, 6.07) is 10.2. The average Bonchev–Trinajstić information content (AvgIpc) is 3.04. The molecule has 1 heterocycles. The number of primary amides is 1. The average molecular weight is 315 g/mol. The molecule has 0 radical (unpaired) electrons. The van der Waals surface area contributed by atoms with Crippen molar-refractivity contribution < 1.29 is 14.1 Å². The largest absolute Gasteiger partial charge is 0.368 e. The van der Waals surface area contributed by atoms with Gasteiger partial charge in [-0.15, -0.1) is 0 Å². The quantitative estimate of drug-likeness (QED) is 0.816. The van der Waals surface area contributed by atoms with Crippen LogP contribution >= 0.6 is 0 Å². The Morgan fingerprint density at radius 2 is 2.00 bits per heavy atom. The zero-order chi connectivity index (χ0) is 16.8. The normalized spacial score (nSPS) is 13.3. The van der Waals surface area contributed by atoms with Gasteiger partial charge >= 0.3 is 0 Å². The van der Waals surface area contributed by atoms with E-state index < -0.39 is 17.9 Å². The molecule has 3 N–H and O–H groups in total. The van der Waals surface area contributed by atoms with Crippen molar-refractivity contribution in [1.29, 1.82) is 0 Å². The van der Waals surface area contributed by atoms with Crippen molar-refractivity contribution in [3.8, 4) is 0 Å². The maximum atomic E-state index is 12.2. The number of aromatic nitrogens is 1. The Balaban J connectivity index is 2.06. The van der Waals surface area contributed by atoms with Gasteiger partial charge in [-0.25, -0.2) is 0 Å². The van der Waals surface area contributed by atoms with Crippen LogP contribution in [-0.2, 0) is 11.2 Å². The molecule has 23 heavy (non-hydrogen) atoms. The van der Waals surface area contributed by atoms with Crippen molar-refractivity contribution in [2.24, 2.45) is 5.73 Å². The Morgan fingerprint density at radius 1 is 1.30 bits per heavy atom. The minimum atomic E-state index is -0.804. The monoisotopic (exact) mass is 315 g/mol. The van der Waals surface area contributed by atoms with E-state index in [4.69, 9.17) is 10.3 Å². The first-order chi connectivity index (χ1) is 11.0. The number of carbonyl (C=O) groups is 2. The number of amides is 2. The molecule has 2 atom stereocenters. The lowest BCUT2D eigenvalue weighted by molar-refractivity contribution is -0.119. The third-order valence-electron chi connectivity index (χ3n) is 3.80. The number of benzene rings is 1. The van der Waals surface area contributed by atoms with Crippen LogP contribution in [0.5, 0.6) is 0 Å². The molecule has 0 unspecified atom stereocenters. The van der Waals surface area contributed by atoms with E-state index in [9.17, 15) is 9.59 Å². The van der Waals surface area contributed by atoms with Crippen molar-refractivity contribution in [3.05, 3.63) is 53.4 Å². The van der Waals surface area contributed by atoms with Crippen molar-refractivity contribution in [1.82, 2.24) is 10.5 Å². The van der Waals surface area contributed by atoms with Crippen molar-refractivity contribution in [3.63, 3.8) is 0 Å². The third-order valence-corrected chi connectivity index (χ3v) is 3.80. The molecule has 2 rings (SSSR count). The maximum absolute atomic E-state index is 12.2. The fraction of sp³-hybridized carbons (Fsp3) is 0.353. The molecule has 2 aromatic rings. The summed E-state index contributed by atoms with van der Waals surface area (Å²) in [5.74, 6) is -0.799. The van der Waals surface area contributed by atoms with Gasteiger partial charge in [-0.05, 0) is 12.0 Å². The highest BCUT2D eigenvalue weighted by atomic mass is 16.5. The summed E-state index contributed by atoms with van der Waals surface area (Å²) >= 11 is 0. The van der Waals surface area contributed by atoms with Crippen LogP contribution < -0.4 is 11.1 Å². The van der Waals surface area contributed by atoms with E-state index in [1.165, 1.54) is 0 Å². The lowest BCUT2D eigenvalue weighted by Gasteiger charge is -2.14. The number of carbonyl (C=O) groups excluding carboxylic acids is 2. The van der Waals surface area contributed by atoms with E-state index in [0.717, 1.165) is 17.7 Å². The first-order valence-corrected chi connectivity index (χ1v) is 7.62. The summed E-state index contributed by atoms with van der Waals surface area (Å²) in [5.41, 5.74) is 7.02. The van der Waals surface area contributed by atoms with Crippen LogP contribution in [0.3, 0.4) is 0 Å². The van der Waals surface area contributed by atoms with Gasteiger partial charge in [0.25, 0.3) is 5.91 Å². The minimum absolute atomic E-state index is 0.0830. The summed E-state index contributed by atoms with van der Waals surface area (Å²) in [5, 5.41) is 6.50. The van der Waals surface area contributed by atoms with E-state index in [1.807, 2.05) is 44.2 Å². The molecule has 0 saturated heterocycles. The van der Waals surface area contributed by atoms with E-state index >= 15 is 0 Å². The lowest BCUT2D eigenvalue weighted by atomic mass is 10.0. The second-order valence-electron chi connectivity index (χ2n) is 5.54. The van der Waals surface area contributed by atoms with Crippen LogP contribution in [0.4, 0.5) is 0 Å². The van der Waals surface area contributed by atoms with Crippen LogP contribution in [-0.4, -0.2) is 23.0 Å². The summed E-state index contributed by atoms with van der Waals surface area (Å²) < 4.78 is 5.07. The van der Waals surface area contributed by atoms with Crippen LogP contribution in [0.25, 0.3) is 0 Å². The lowest BCUT2D eigenvalue weighted by Crippen LogP contribution is -2.45. The summed E-state index contributed by atoms with van der Waals surface area (Å²) in [6.07, 6.45) is 1.22. The van der Waals surface area contributed by atoms with Crippen LogP contribution in [0.1, 0.15) is 48.0 Å². The van der Waals surface area contributed by atoms with Gasteiger partial charge < -0.3 is 15.6 Å². The molecule has 0 aliphatic rings. The second-order valence-corrected chi connectivity index (χ2v) is 5.54. The molecule has 0 aliphatic heterocycles. The SMILES string of the molecule is CC[C@@H](C)c1cc(C(=O)N[C@@H](Cc2ccccc2)C(N)=O)on1. The fourth-order valence-corrected chi connectivity index (χ4v) is 2.14. The number of rotatable bonds is 7. The molecule has 6 nitrogen and oxygen atoms in total. The molecule has 0 fully saturated rings. The molecule has 2 amide bonds. The van der Waals surface area contributed by atoms with Gasteiger partial charge in [0.05, 0.1) is 5.69 Å². The summed E-state index contributed by atoms with van der Waals surface area (Å²) in [4.78, 5) is 23.8. The number of nitrogens with one attached hydrogen (secondary N) is 1. The van der Waals surface area contributed by atoms with Crippen molar-refractivity contribution in [2.45, 2.75) is 38.6 Å². The van der Waals surface area contributed by atoms with Gasteiger partial charge in [0, 0.05) is 18.4 Å². The molecule has 122 valence electrons. The van der Waals surface area contributed by atoms with Crippen LogP contribution in [0.15, 0.2) is 40.9 Å². The Morgan fingerprint density at radius 3 is 2.61 bits per heavy atom. The molecule has 0 bridgehead atoms. The van der Waals surface area contributed by atoms with E-state index in [-0.39, 0.29) is 11.7 Å². The predicted molar refractivity (Wildman–Crippen MR) is 85.8 cm³/mol. The van der Waals surface area contributed by atoms with Crippen LogP contribution in [0.2, 0.25) is 0 Å². The van der Waals surface area contributed by atoms with E-state index in [1.54, 1.807) is 6.07 Å². The fourth-order valence-electron chi connectivity index (χ4n) is 2.14. The number of nitrogens with two attached hydrogens (primary N) is 1. The molecular weight excluding hydrogens is 294 g/mol. The van der Waals surface area contributed by atoms with Gasteiger partial charge in [-0.1, -0.05) is 49.3 Å². The van der Waals surface area contributed by atoms with Gasteiger partial charge in [0.2, 0.25) is 11.7 Å². The predicted octanol–water partition coefficient (Wildman–Crippen LogP) is 2.01. The van der Waals surface area contributed by atoms with E-state index in [2.05, 4.69) is 10.5 Å². The van der Waals surface area contributed by atoms with E-state index in [0.29, 0.717) is 6.42 Å². The highest BCUT2D eigenvalue weighted by Gasteiger charge is 2.22. The Bertz CT molecular complexity index is 667. The molecule has 0 aliphatic carbocycles. The van der Waals surface area contributed by atoms with Crippen LogP contribution in [0, 0.1) is 0 Å². The standard InChI is InChI=1S/C17H21N3O3/c1-3-11(2)13-10-15(23-20-13)17(22)19-14(16(18)21)9-12-7-5-4-6-8-12/h4-8,10-11,14H,3,9H2,1-2H3,(H2,18,21)(H,19,22)/t11-,14+/m1/s1. The molecular formula is C17H21N3O3. The van der Waals surface area contributed by atoms with Gasteiger partial charge in [-0.2, -0.15) is 0 Å². The highest BCUT2D eigenvalue weighted by Crippen LogP contribution is 2.18. The Kier molecular flexibility index (Phi) is 5.51. The number of hydrogen-bond donors (Lipinski definition) is 2. The molecule has 0 spiro atoms. The first-order valence-electron chi connectivity index (χ1n) is 7.62. The Hall–Kier alpha value is -2.63. The molecule has 0 saturated carbocycles. The number of hydrogen-bond acceptors (Lipinski definition) is 4. The van der Waals surface area contributed by atoms with Gasteiger partial charge in [0.15, 0.2) is 0 Å². The summed E-state index contributed by atoms with van der Waals surface area (Å²) in [6.45, 7) is 4.03. The maximum Gasteiger partial charge on any atom is 0.290 e. The minimum Gasteiger partial charge on any atom is -0.368 e. The summed E-state index contributed by atoms with van der Waals surface area (Å²) in [7, 11) is 0. The second kappa shape index (κ2) is 7.58. The highest BCUT2D eigenvalue weighted by molar-refractivity contribution is 5.95. The van der Waals surface area contributed by atoms with Crippen molar-refractivity contribution in [2.75, 3.05) is 0 Å². The zero-order valence-electron chi connectivity index (χ0n) is 13.3. The number of nitrogens with zero attached hydrogens (tertiary/aromatic N) is 1. The van der Waals surface area contributed by atoms with Gasteiger partial charge in [-0.3, -0.25) is 9.59 Å². The van der Waals surface area contributed by atoms with Gasteiger partial charge in [0.1, 0.15) is 6.04 Å². The molecule has 1 aromatic carbocycles. The Labute approximate surface area is 135 Å². The first kappa shape index (κ1) is 16.7. The molecule has 6 heteroatoms. The van der Waals surface area contributed by atoms with Crippen molar-refractivity contribution >= 4 is 11.8 Å². The zero-order valence-corrected chi connectivity index (χ0v) is 13.3. The molecule has 1 aromatic heterocycles. The topological polar surface area (TPSA) is 98.2 Å². The smallest absolute Gasteiger partial charge is 0.290 e.